The van der Waals surface area contributed by atoms with E-state index in [0.717, 1.165) is 60.0 Å². The topological polar surface area (TPSA) is 77.2 Å². The first-order valence-electron chi connectivity index (χ1n) is 12.4. The minimum atomic E-state index is -0.184. The van der Waals surface area contributed by atoms with E-state index in [2.05, 4.69) is 39.5 Å². The second-order valence-corrected chi connectivity index (χ2v) is 9.18. The highest BCUT2D eigenvalue weighted by Crippen LogP contribution is 2.24. The molecule has 1 aliphatic rings. The highest BCUT2D eigenvalue weighted by atomic mass is 16.5. The molecule has 0 bridgehead atoms. The van der Waals surface area contributed by atoms with Gasteiger partial charge in [0, 0.05) is 43.3 Å². The SMILES string of the molecule is Cn1c(=O)c(Nc2ccc(N3CCOCC3)cc2)nc2ccc(-c3ccn(Cc4ccccc4)n3)cc21. The number of fused-ring (bicyclic) bond motifs is 1. The number of nitrogens with one attached hydrogen (secondary N) is 1. The third-order valence-corrected chi connectivity index (χ3v) is 6.71. The van der Waals surface area contributed by atoms with Crippen LogP contribution in [0.3, 0.4) is 0 Å². The molecule has 1 fully saturated rings. The second-order valence-electron chi connectivity index (χ2n) is 9.18. The van der Waals surface area contributed by atoms with Crippen molar-refractivity contribution < 1.29 is 4.74 Å². The molecular formula is C29H28N6O2. The van der Waals surface area contributed by atoms with Crippen molar-refractivity contribution in [2.75, 3.05) is 36.5 Å². The van der Waals surface area contributed by atoms with E-state index in [-0.39, 0.29) is 5.56 Å². The second kappa shape index (κ2) is 9.91. The van der Waals surface area contributed by atoms with E-state index in [1.165, 1.54) is 5.56 Å². The molecule has 0 radical (unpaired) electrons. The van der Waals surface area contributed by atoms with Gasteiger partial charge in [-0.15, -0.1) is 0 Å². The van der Waals surface area contributed by atoms with Crippen LogP contribution in [0.5, 0.6) is 0 Å². The Hall–Kier alpha value is -4.43. The van der Waals surface area contributed by atoms with Gasteiger partial charge in [0.25, 0.3) is 5.56 Å². The Kier molecular flexibility index (Phi) is 6.16. The van der Waals surface area contributed by atoms with Crippen molar-refractivity contribution in [3.05, 3.63) is 101 Å². The van der Waals surface area contributed by atoms with Crippen LogP contribution in [0.1, 0.15) is 5.56 Å². The molecule has 0 saturated carbocycles. The molecule has 2 aromatic heterocycles. The summed E-state index contributed by atoms with van der Waals surface area (Å²) in [4.78, 5) is 20.1. The van der Waals surface area contributed by atoms with E-state index in [9.17, 15) is 4.79 Å². The summed E-state index contributed by atoms with van der Waals surface area (Å²) in [6.07, 6.45) is 1.97. The molecule has 5 aromatic rings. The van der Waals surface area contributed by atoms with E-state index in [1.54, 1.807) is 11.6 Å². The summed E-state index contributed by atoms with van der Waals surface area (Å²) in [6, 6.07) is 26.2. The maximum Gasteiger partial charge on any atom is 0.293 e. The summed E-state index contributed by atoms with van der Waals surface area (Å²) in [5.74, 6) is 0.300. The molecule has 8 heteroatoms. The number of anilines is 3. The van der Waals surface area contributed by atoms with Gasteiger partial charge in [-0.2, -0.15) is 5.10 Å². The zero-order chi connectivity index (χ0) is 25.2. The van der Waals surface area contributed by atoms with Crippen LogP contribution in [0, 0.1) is 0 Å². The first-order chi connectivity index (χ1) is 18.1. The van der Waals surface area contributed by atoms with Crippen LogP contribution >= 0.6 is 0 Å². The Labute approximate surface area is 214 Å². The van der Waals surface area contributed by atoms with Gasteiger partial charge in [-0.25, -0.2) is 4.98 Å². The fraction of sp³-hybridized carbons (Fsp3) is 0.207. The molecule has 0 aliphatic carbocycles. The number of hydrogen-bond acceptors (Lipinski definition) is 6. The van der Waals surface area contributed by atoms with Gasteiger partial charge in [-0.1, -0.05) is 36.4 Å². The van der Waals surface area contributed by atoms with Crippen LogP contribution in [0.15, 0.2) is 89.9 Å². The lowest BCUT2D eigenvalue weighted by atomic mass is 10.1. The smallest absolute Gasteiger partial charge is 0.293 e. The molecule has 0 spiro atoms. The molecule has 1 aliphatic heterocycles. The molecule has 3 heterocycles. The lowest BCUT2D eigenvalue weighted by Gasteiger charge is -2.28. The minimum Gasteiger partial charge on any atom is -0.378 e. The number of morpholine rings is 1. The summed E-state index contributed by atoms with van der Waals surface area (Å²) >= 11 is 0. The summed E-state index contributed by atoms with van der Waals surface area (Å²) in [5.41, 5.74) is 6.27. The average molecular weight is 493 g/mol. The zero-order valence-corrected chi connectivity index (χ0v) is 20.7. The van der Waals surface area contributed by atoms with Gasteiger partial charge < -0.3 is 19.5 Å². The van der Waals surface area contributed by atoms with Gasteiger partial charge in [0.2, 0.25) is 0 Å². The van der Waals surface area contributed by atoms with Crippen molar-refractivity contribution in [3.63, 3.8) is 0 Å². The van der Waals surface area contributed by atoms with Crippen molar-refractivity contribution in [3.8, 4) is 11.3 Å². The standard InChI is InChI=1S/C29H28N6O2/c1-33-27-19-22(25-13-14-35(32-25)20-21-5-3-2-4-6-21)7-12-26(27)31-28(29(33)36)30-23-8-10-24(11-9-23)34-15-17-37-18-16-34/h2-14,19H,15-18,20H2,1H3,(H,30,31). The van der Waals surface area contributed by atoms with Crippen LogP contribution in [-0.4, -0.2) is 45.6 Å². The fourth-order valence-electron chi connectivity index (χ4n) is 4.65. The van der Waals surface area contributed by atoms with Crippen molar-refractivity contribution in [1.82, 2.24) is 19.3 Å². The molecule has 6 rings (SSSR count). The molecule has 37 heavy (non-hydrogen) atoms. The lowest BCUT2D eigenvalue weighted by Crippen LogP contribution is -2.36. The third kappa shape index (κ3) is 4.83. The number of nitrogens with zero attached hydrogens (tertiary/aromatic N) is 5. The number of ether oxygens (including phenoxy) is 1. The first-order valence-corrected chi connectivity index (χ1v) is 12.4. The lowest BCUT2D eigenvalue weighted by molar-refractivity contribution is 0.122. The van der Waals surface area contributed by atoms with Crippen molar-refractivity contribution in [2.45, 2.75) is 6.54 Å². The molecular weight excluding hydrogens is 464 g/mol. The maximum absolute atomic E-state index is 13.2. The van der Waals surface area contributed by atoms with Gasteiger partial charge >= 0.3 is 0 Å². The summed E-state index contributed by atoms with van der Waals surface area (Å²) in [5, 5.41) is 7.94. The molecule has 1 N–H and O–H groups in total. The molecule has 0 unspecified atom stereocenters. The Bertz CT molecular complexity index is 1590. The van der Waals surface area contributed by atoms with E-state index in [1.807, 2.05) is 65.5 Å². The zero-order valence-electron chi connectivity index (χ0n) is 20.7. The largest absolute Gasteiger partial charge is 0.378 e. The van der Waals surface area contributed by atoms with E-state index in [4.69, 9.17) is 9.84 Å². The number of aromatic nitrogens is 4. The summed E-state index contributed by atoms with van der Waals surface area (Å²) in [7, 11) is 1.77. The number of rotatable bonds is 6. The third-order valence-electron chi connectivity index (χ3n) is 6.71. The Morgan fingerprint density at radius 1 is 0.946 bits per heavy atom. The fourth-order valence-corrected chi connectivity index (χ4v) is 4.65. The van der Waals surface area contributed by atoms with Crippen LogP contribution in [0.4, 0.5) is 17.2 Å². The molecule has 0 amide bonds. The van der Waals surface area contributed by atoms with Crippen molar-refractivity contribution in [2.24, 2.45) is 7.05 Å². The highest BCUT2D eigenvalue weighted by molar-refractivity contribution is 5.82. The van der Waals surface area contributed by atoms with Gasteiger partial charge in [-0.3, -0.25) is 9.48 Å². The molecule has 3 aromatic carbocycles. The molecule has 186 valence electrons. The molecule has 1 saturated heterocycles. The average Bonchev–Trinajstić information content (AvgIpc) is 3.41. The van der Waals surface area contributed by atoms with Crippen LogP contribution in [-0.2, 0) is 18.3 Å². The Morgan fingerprint density at radius 2 is 1.73 bits per heavy atom. The predicted molar refractivity (Wildman–Crippen MR) is 147 cm³/mol. The van der Waals surface area contributed by atoms with Gasteiger partial charge in [0.15, 0.2) is 5.82 Å². The molecule has 8 nitrogen and oxygen atoms in total. The van der Waals surface area contributed by atoms with E-state index in [0.29, 0.717) is 12.4 Å². The first kappa shape index (κ1) is 23.0. The van der Waals surface area contributed by atoms with Crippen molar-refractivity contribution in [1.29, 1.82) is 0 Å². The van der Waals surface area contributed by atoms with Crippen LogP contribution < -0.4 is 15.8 Å². The summed E-state index contributed by atoms with van der Waals surface area (Å²) in [6.45, 7) is 3.96. The quantitative estimate of drug-likeness (QED) is 0.378. The monoisotopic (exact) mass is 492 g/mol. The Balaban J connectivity index is 1.23. The minimum absolute atomic E-state index is 0.184. The van der Waals surface area contributed by atoms with Crippen molar-refractivity contribution >= 4 is 28.2 Å². The molecule has 0 atom stereocenters. The number of benzene rings is 3. The number of hydrogen-bond donors (Lipinski definition) is 1. The van der Waals surface area contributed by atoms with Gasteiger partial charge in [0.1, 0.15) is 0 Å². The van der Waals surface area contributed by atoms with E-state index >= 15 is 0 Å². The predicted octanol–water partition coefficient (Wildman–Crippen LogP) is 4.43. The maximum atomic E-state index is 13.2. The van der Waals surface area contributed by atoms with Crippen LogP contribution in [0.25, 0.3) is 22.3 Å². The normalized spacial score (nSPS) is 13.7. The van der Waals surface area contributed by atoms with Crippen LogP contribution in [0.2, 0.25) is 0 Å². The van der Waals surface area contributed by atoms with Gasteiger partial charge in [0.05, 0.1) is 36.5 Å². The Morgan fingerprint density at radius 3 is 2.51 bits per heavy atom. The summed E-state index contributed by atoms with van der Waals surface area (Å²) < 4.78 is 8.99. The highest BCUT2D eigenvalue weighted by Gasteiger charge is 2.13. The van der Waals surface area contributed by atoms with Gasteiger partial charge in [-0.05, 0) is 48.0 Å². The number of aryl methyl sites for hydroxylation is 1. The van der Waals surface area contributed by atoms with E-state index < -0.39 is 0 Å².